The molecular formula is C16H24ClN3O. The first-order valence-corrected chi connectivity index (χ1v) is 7.74. The molecule has 2 rings (SSSR count). The smallest absolute Gasteiger partial charge is 0.241 e. The second kappa shape index (κ2) is 6.77. The van der Waals surface area contributed by atoms with Crippen molar-refractivity contribution in [1.82, 2.24) is 15.1 Å². The topological polar surface area (TPSA) is 35.6 Å². The SMILES string of the molecule is CC(C)C1NC(c2cccc(Cl)c2)N(CCN(C)C)C1=O. The van der Waals surface area contributed by atoms with Gasteiger partial charge in [-0.1, -0.05) is 37.6 Å². The van der Waals surface area contributed by atoms with Crippen LogP contribution in [0.25, 0.3) is 0 Å². The van der Waals surface area contributed by atoms with Crippen LogP contribution in [0.15, 0.2) is 24.3 Å². The van der Waals surface area contributed by atoms with Crippen LogP contribution in [-0.2, 0) is 4.79 Å². The van der Waals surface area contributed by atoms with Crippen LogP contribution in [0.2, 0.25) is 5.02 Å². The largest absolute Gasteiger partial charge is 0.320 e. The summed E-state index contributed by atoms with van der Waals surface area (Å²) in [7, 11) is 4.03. The van der Waals surface area contributed by atoms with Crippen molar-refractivity contribution in [2.75, 3.05) is 27.2 Å². The fraction of sp³-hybridized carbons (Fsp3) is 0.562. The number of hydrogen-bond acceptors (Lipinski definition) is 3. The fourth-order valence-electron chi connectivity index (χ4n) is 2.61. The highest BCUT2D eigenvalue weighted by atomic mass is 35.5. The van der Waals surface area contributed by atoms with Crippen LogP contribution in [-0.4, -0.2) is 48.9 Å². The molecule has 0 spiro atoms. The zero-order valence-electron chi connectivity index (χ0n) is 13.1. The molecule has 1 aromatic carbocycles. The number of carbonyl (C=O) groups excluding carboxylic acids is 1. The summed E-state index contributed by atoms with van der Waals surface area (Å²) in [6, 6.07) is 7.60. The van der Waals surface area contributed by atoms with Gasteiger partial charge in [0.2, 0.25) is 5.91 Å². The van der Waals surface area contributed by atoms with Crippen molar-refractivity contribution in [2.45, 2.75) is 26.1 Å². The van der Waals surface area contributed by atoms with Crippen molar-refractivity contribution in [3.63, 3.8) is 0 Å². The number of amides is 1. The van der Waals surface area contributed by atoms with Crippen molar-refractivity contribution >= 4 is 17.5 Å². The highest BCUT2D eigenvalue weighted by Gasteiger charge is 2.40. The Morgan fingerprint density at radius 2 is 2.10 bits per heavy atom. The normalized spacial score (nSPS) is 22.6. The van der Waals surface area contributed by atoms with Crippen LogP contribution in [0.1, 0.15) is 25.6 Å². The summed E-state index contributed by atoms with van der Waals surface area (Å²) >= 11 is 6.09. The number of nitrogens with one attached hydrogen (secondary N) is 1. The molecule has 1 amide bonds. The molecule has 2 atom stereocenters. The molecule has 1 N–H and O–H groups in total. The van der Waals surface area contributed by atoms with Gasteiger partial charge < -0.3 is 9.80 Å². The number of carbonyl (C=O) groups is 1. The van der Waals surface area contributed by atoms with Crippen LogP contribution in [0, 0.1) is 5.92 Å². The van der Waals surface area contributed by atoms with Crippen molar-refractivity contribution in [3.05, 3.63) is 34.9 Å². The minimum Gasteiger partial charge on any atom is -0.320 e. The van der Waals surface area contributed by atoms with Gasteiger partial charge in [0, 0.05) is 18.1 Å². The molecule has 1 fully saturated rings. The van der Waals surface area contributed by atoms with Crippen molar-refractivity contribution in [3.8, 4) is 0 Å². The predicted molar refractivity (Wildman–Crippen MR) is 86.2 cm³/mol. The van der Waals surface area contributed by atoms with Crippen LogP contribution in [0.3, 0.4) is 0 Å². The average Bonchev–Trinajstić information content (AvgIpc) is 2.73. The standard InChI is InChI=1S/C16H24ClN3O/c1-11(2)14-16(21)20(9-8-19(3)4)15(18-14)12-6-5-7-13(17)10-12/h5-7,10-11,14-15,18H,8-9H2,1-4H3. The number of hydrogen-bond donors (Lipinski definition) is 1. The fourth-order valence-corrected chi connectivity index (χ4v) is 2.81. The summed E-state index contributed by atoms with van der Waals surface area (Å²) in [4.78, 5) is 16.7. The molecule has 1 aromatic rings. The Bertz CT molecular complexity index is 504. The van der Waals surface area contributed by atoms with Crippen LogP contribution < -0.4 is 5.32 Å². The molecule has 1 aliphatic heterocycles. The van der Waals surface area contributed by atoms with E-state index in [1.54, 1.807) is 0 Å². The molecular weight excluding hydrogens is 286 g/mol. The lowest BCUT2D eigenvalue weighted by Gasteiger charge is -2.26. The maximum Gasteiger partial charge on any atom is 0.241 e. The summed E-state index contributed by atoms with van der Waals surface area (Å²) in [5, 5.41) is 4.15. The number of benzene rings is 1. The molecule has 0 saturated carbocycles. The molecule has 0 radical (unpaired) electrons. The van der Waals surface area contributed by atoms with Crippen molar-refractivity contribution in [1.29, 1.82) is 0 Å². The zero-order chi connectivity index (χ0) is 15.6. The van der Waals surface area contributed by atoms with E-state index in [2.05, 4.69) is 24.1 Å². The van der Waals surface area contributed by atoms with Crippen LogP contribution in [0.5, 0.6) is 0 Å². The molecule has 1 aliphatic rings. The van der Waals surface area contributed by atoms with Gasteiger partial charge >= 0.3 is 0 Å². The number of halogens is 1. The molecule has 0 aromatic heterocycles. The molecule has 1 saturated heterocycles. The Hall–Kier alpha value is -1.10. The van der Waals surface area contributed by atoms with E-state index in [1.165, 1.54) is 0 Å². The number of rotatable bonds is 5. The minimum absolute atomic E-state index is 0.0939. The van der Waals surface area contributed by atoms with E-state index in [0.29, 0.717) is 11.6 Å². The molecule has 0 bridgehead atoms. The Morgan fingerprint density at radius 3 is 2.67 bits per heavy atom. The van der Waals surface area contributed by atoms with Gasteiger partial charge in [0.25, 0.3) is 0 Å². The average molecular weight is 310 g/mol. The van der Waals surface area contributed by atoms with Gasteiger partial charge in [-0.25, -0.2) is 0 Å². The number of likely N-dealkylation sites (N-methyl/N-ethyl adjacent to an activating group) is 1. The minimum atomic E-state index is -0.129. The third-order valence-corrected chi connectivity index (χ3v) is 4.05. The third kappa shape index (κ3) is 3.76. The number of nitrogens with zero attached hydrogens (tertiary/aromatic N) is 2. The van der Waals surface area contributed by atoms with Gasteiger partial charge in [0.05, 0.1) is 6.04 Å². The van der Waals surface area contributed by atoms with Crippen molar-refractivity contribution < 1.29 is 4.79 Å². The van der Waals surface area contributed by atoms with Gasteiger partial charge in [-0.05, 0) is 37.7 Å². The van der Waals surface area contributed by atoms with E-state index in [0.717, 1.165) is 12.1 Å². The molecule has 1 heterocycles. The lowest BCUT2D eigenvalue weighted by Crippen LogP contribution is -2.37. The van der Waals surface area contributed by atoms with Gasteiger partial charge in [0.1, 0.15) is 6.17 Å². The predicted octanol–water partition coefficient (Wildman–Crippen LogP) is 2.36. The molecule has 5 heteroatoms. The summed E-state index contributed by atoms with van der Waals surface area (Å²) < 4.78 is 0. The van der Waals surface area contributed by atoms with E-state index >= 15 is 0 Å². The Morgan fingerprint density at radius 1 is 1.38 bits per heavy atom. The first-order chi connectivity index (χ1) is 9.90. The molecule has 116 valence electrons. The second-order valence-electron chi connectivity index (χ2n) is 6.18. The van der Waals surface area contributed by atoms with Crippen LogP contribution >= 0.6 is 11.6 Å². The van der Waals surface area contributed by atoms with E-state index in [4.69, 9.17) is 11.6 Å². The van der Waals surface area contributed by atoms with Gasteiger partial charge in [-0.2, -0.15) is 0 Å². The van der Waals surface area contributed by atoms with E-state index in [-0.39, 0.29) is 24.0 Å². The highest BCUT2D eigenvalue weighted by molar-refractivity contribution is 6.30. The van der Waals surface area contributed by atoms with Gasteiger partial charge in [-0.3, -0.25) is 10.1 Å². The first kappa shape index (κ1) is 16.3. The zero-order valence-corrected chi connectivity index (χ0v) is 13.9. The van der Waals surface area contributed by atoms with E-state index in [9.17, 15) is 4.79 Å². The molecule has 21 heavy (non-hydrogen) atoms. The lowest BCUT2D eigenvalue weighted by atomic mass is 10.1. The molecule has 2 unspecified atom stereocenters. The molecule has 4 nitrogen and oxygen atoms in total. The summed E-state index contributed by atoms with van der Waals surface area (Å²) in [5.41, 5.74) is 1.04. The molecule has 0 aliphatic carbocycles. The summed E-state index contributed by atoms with van der Waals surface area (Å²) in [6.07, 6.45) is -0.0939. The second-order valence-corrected chi connectivity index (χ2v) is 6.62. The summed E-state index contributed by atoms with van der Waals surface area (Å²) in [6.45, 7) is 5.69. The Labute approximate surface area is 132 Å². The monoisotopic (exact) mass is 309 g/mol. The quantitative estimate of drug-likeness (QED) is 0.907. The van der Waals surface area contributed by atoms with E-state index in [1.807, 2.05) is 43.3 Å². The maximum absolute atomic E-state index is 12.6. The van der Waals surface area contributed by atoms with Gasteiger partial charge in [-0.15, -0.1) is 0 Å². The Balaban J connectivity index is 2.25. The first-order valence-electron chi connectivity index (χ1n) is 7.37. The summed E-state index contributed by atoms with van der Waals surface area (Å²) in [5.74, 6) is 0.445. The van der Waals surface area contributed by atoms with Crippen molar-refractivity contribution in [2.24, 2.45) is 5.92 Å². The maximum atomic E-state index is 12.6. The highest BCUT2D eigenvalue weighted by Crippen LogP contribution is 2.29. The lowest BCUT2D eigenvalue weighted by molar-refractivity contribution is -0.130. The van der Waals surface area contributed by atoms with Gasteiger partial charge in [0.15, 0.2) is 0 Å². The van der Waals surface area contributed by atoms with Crippen LogP contribution in [0.4, 0.5) is 0 Å². The third-order valence-electron chi connectivity index (χ3n) is 3.82. The Kier molecular flexibility index (Phi) is 5.25. The van der Waals surface area contributed by atoms with E-state index < -0.39 is 0 Å².